The fourth-order valence-electron chi connectivity index (χ4n) is 2.75. The number of carbonyl (C=O) groups is 1. The number of hydrogen-bond acceptors (Lipinski definition) is 4. The number of ether oxygens (including phenoxy) is 1. The van der Waals surface area contributed by atoms with Crippen LogP contribution in [0.4, 0.5) is 13.2 Å². The van der Waals surface area contributed by atoms with Gasteiger partial charge in [-0.15, -0.1) is 0 Å². The van der Waals surface area contributed by atoms with Crippen LogP contribution >= 0.6 is 11.6 Å². The average Bonchev–Trinajstić information content (AvgIpc) is 2.83. The Morgan fingerprint density at radius 3 is 2.48 bits per heavy atom. The van der Waals surface area contributed by atoms with Crippen LogP contribution in [0.15, 0.2) is 0 Å². The number of rotatable bonds is 5. The van der Waals surface area contributed by atoms with Crippen molar-refractivity contribution in [2.45, 2.75) is 39.0 Å². The Labute approximate surface area is 149 Å². The van der Waals surface area contributed by atoms with Crippen molar-refractivity contribution in [3.05, 3.63) is 16.4 Å². The van der Waals surface area contributed by atoms with Gasteiger partial charge in [-0.3, -0.25) is 14.4 Å². The maximum absolute atomic E-state index is 12.9. The molecule has 1 fully saturated rings. The lowest BCUT2D eigenvalue weighted by Crippen LogP contribution is -2.47. The molecule has 0 bridgehead atoms. The number of nitrogens with zero attached hydrogens (tertiary/aromatic N) is 3. The van der Waals surface area contributed by atoms with Gasteiger partial charge in [0, 0.05) is 25.7 Å². The normalized spacial score (nSPS) is 18.8. The van der Waals surface area contributed by atoms with E-state index >= 15 is 0 Å². The van der Waals surface area contributed by atoms with Crippen LogP contribution in [0.1, 0.15) is 31.3 Å². The van der Waals surface area contributed by atoms with Gasteiger partial charge in [-0.2, -0.15) is 18.3 Å². The molecule has 1 saturated heterocycles. The zero-order valence-corrected chi connectivity index (χ0v) is 15.1. The van der Waals surface area contributed by atoms with Crippen molar-refractivity contribution in [3.63, 3.8) is 0 Å². The van der Waals surface area contributed by atoms with Crippen LogP contribution in [-0.2, 0) is 15.7 Å². The third-order valence-corrected chi connectivity index (χ3v) is 4.57. The van der Waals surface area contributed by atoms with Gasteiger partial charge < -0.3 is 10.1 Å². The van der Waals surface area contributed by atoms with Crippen LogP contribution in [0.3, 0.4) is 0 Å². The van der Waals surface area contributed by atoms with Crippen molar-refractivity contribution in [2.24, 2.45) is 0 Å². The summed E-state index contributed by atoms with van der Waals surface area (Å²) >= 11 is 5.73. The van der Waals surface area contributed by atoms with Crippen LogP contribution in [0, 0.1) is 6.92 Å². The van der Waals surface area contributed by atoms with Gasteiger partial charge in [-0.25, -0.2) is 0 Å². The van der Waals surface area contributed by atoms with E-state index in [4.69, 9.17) is 16.3 Å². The number of carbonyl (C=O) groups excluding carboxylic acids is 1. The van der Waals surface area contributed by atoms with Crippen molar-refractivity contribution >= 4 is 17.5 Å². The monoisotopic (exact) mass is 382 g/mol. The van der Waals surface area contributed by atoms with Crippen molar-refractivity contribution in [1.82, 2.24) is 20.0 Å². The highest BCUT2D eigenvalue weighted by Gasteiger charge is 2.39. The minimum Gasteiger partial charge on any atom is -0.379 e. The van der Waals surface area contributed by atoms with E-state index < -0.39 is 28.8 Å². The maximum Gasteiger partial charge on any atom is 0.436 e. The predicted octanol–water partition coefficient (Wildman–Crippen LogP) is 2.26. The summed E-state index contributed by atoms with van der Waals surface area (Å²) in [5, 5.41) is 5.83. The number of amides is 1. The van der Waals surface area contributed by atoms with Crippen LogP contribution in [0.2, 0.25) is 5.02 Å². The molecule has 1 aromatic heterocycles. The molecule has 6 nitrogen and oxygen atoms in total. The Morgan fingerprint density at radius 1 is 1.36 bits per heavy atom. The lowest BCUT2D eigenvalue weighted by atomic mass is 10.2. The Kier molecular flexibility index (Phi) is 6.34. The minimum absolute atomic E-state index is 0.109. The SMILES string of the molecule is Cc1c(Cl)c(C(F)(F)F)nn1C(C)C(=O)NC(C)CN1CCOCC1. The summed E-state index contributed by atoms with van der Waals surface area (Å²) in [6.07, 6.45) is -4.66. The number of hydrogen-bond donors (Lipinski definition) is 1. The summed E-state index contributed by atoms with van der Waals surface area (Å²) in [7, 11) is 0. The Balaban J connectivity index is 2.02. The van der Waals surface area contributed by atoms with Gasteiger partial charge in [-0.1, -0.05) is 11.6 Å². The molecular formula is C15H22ClF3N4O2. The van der Waals surface area contributed by atoms with Gasteiger partial charge in [0.25, 0.3) is 0 Å². The van der Waals surface area contributed by atoms with Gasteiger partial charge in [0.1, 0.15) is 6.04 Å². The van der Waals surface area contributed by atoms with E-state index in [1.807, 2.05) is 6.92 Å². The fourth-order valence-corrected chi connectivity index (χ4v) is 2.98. The van der Waals surface area contributed by atoms with E-state index in [1.54, 1.807) is 0 Å². The minimum atomic E-state index is -4.66. The van der Waals surface area contributed by atoms with E-state index in [9.17, 15) is 18.0 Å². The highest BCUT2D eigenvalue weighted by atomic mass is 35.5. The predicted molar refractivity (Wildman–Crippen MR) is 86.6 cm³/mol. The van der Waals surface area contributed by atoms with Gasteiger partial charge in [0.05, 0.1) is 23.9 Å². The number of nitrogens with one attached hydrogen (secondary N) is 1. The first kappa shape index (κ1) is 20.0. The molecule has 2 heterocycles. The zero-order valence-electron chi connectivity index (χ0n) is 14.4. The van der Waals surface area contributed by atoms with Gasteiger partial charge in [0.15, 0.2) is 5.69 Å². The Morgan fingerprint density at radius 2 is 1.96 bits per heavy atom. The largest absolute Gasteiger partial charge is 0.436 e. The van der Waals surface area contributed by atoms with E-state index in [1.165, 1.54) is 13.8 Å². The van der Waals surface area contributed by atoms with Crippen LogP contribution < -0.4 is 5.32 Å². The number of halogens is 4. The fraction of sp³-hybridized carbons (Fsp3) is 0.733. The van der Waals surface area contributed by atoms with Crippen LogP contribution in [0.25, 0.3) is 0 Å². The summed E-state index contributed by atoms with van der Waals surface area (Å²) < 4.78 is 45.0. The third-order valence-electron chi connectivity index (χ3n) is 4.12. The molecule has 0 saturated carbocycles. The van der Waals surface area contributed by atoms with Crippen molar-refractivity contribution in [2.75, 3.05) is 32.8 Å². The first-order valence-corrected chi connectivity index (χ1v) is 8.41. The van der Waals surface area contributed by atoms with E-state index in [2.05, 4.69) is 15.3 Å². The standard InChI is InChI=1S/C15H22ClF3N4O2/c1-9(8-22-4-6-25-7-5-22)20-14(24)11(3)23-10(2)12(16)13(21-23)15(17,18)19/h9,11H,4-8H2,1-3H3,(H,20,24). The van der Waals surface area contributed by atoms with Crippen molar-refractivity contribution in [1.29, 1.82) is 0 Å². The number of alkyl halides is 3. The first-order valence-electron chi connectivity index (χ1n) is 8.03. The molecule has 0 radical (unpaired) electrons. The quantitative estimate of drug-likeness (QED) is 0.848. The molecule has 1 N–H and O–H groups in total. The summed E-state index contributed by atoms with van der Waals surface area (Å²) in [4.78, 5) is 14.5. The van der Waals surface area contributed by atoms with Crippen LogP contribution in [-0.4, -0.2) is 59.5 Å². The van der Waals surface area contributed by atoms with Gasteiger partial charge in [-0.05, 0) is 20.8 Å². The third kappa shape index (κ3) is 4.86. The second-order valence-electron chi connectivity index (χ2n) is 6.19. The van der Waals surface area contributed by atoms with E-state index in [0.29, 0.717) is 19.8 Å². The molecule has 1 amide bonds. The molecule has 0 aliphatic carbocycles. The number of morpholine rings is 1. The van der Waals surface area contributed by atoms with Crippen molar-refractivity contribution < 1.29 is 22.7 Å². The molecule has 25 heavy (non-hydrogen) atoms. The molecule has 142 valence electrons. The van der Waals surface area contributed by atoms with Crippen LogP contribution in [0.5, 0.6) is 0 Å². The molecule has 1 aliphatic heterocycles. The zero-order chi connectivity index (χ0) is 18.8. The molecular weight excluding hydrogens is 361 g/mol. The maximum atomic E-state index is 12.9. The second-order valence-corrected chi connectivity index (χ2v) is 6.57. The highest BCUT2D eigenvalue weighted by Crippen LogP contribution is 2.36. The topological polar surface area (TPSA) is 59.4 Å². The Hall–Kier alpha value is -1.32. The van der Waals surface area contributed by atoms with E-state index in [-0.39, 0.29) is 11.7 Å². The lowest BCUT2D eigenvalue weighted by molar-refractivity contribution is -0.141. The molecule has 2 unspecified atom stereocenters. The molecule has 10 heteroatoms. The average molecular weight is 383 g/mol. The van der Waals surface area contributed by atoms with E-state index in [0.717, 1.165) is 17.8 Å². The summed E-state index contributed by atoms with van der Waals surface area (Å²) in [5.74, 6) is -0.406. The second kappa shape index (κ2) is 7.92. The molecule has 0 aromatic carbocycles. The Bertz CT molecular complexity index is 615. The number of aromatic nitrogens is 2. The van der Waals surface area contributed by atoms with Gasteiger partial charge >= 0.3 is 6.18 Å². The molecule has 2 atom stereocenters. The molecule has 2 rings (SSSR count). The highest BCUT2D eigenvalue weighted by molar-refractivity contribution is 6.32. The summed E-state index contributed by atoms with van der Waals surface area (Å²) in [5.41, 5.74) is -1.06. The summed E-state index contributed by atoms with van der Waals surface area (Å²) in [6.45, 7) is 8.29. The molecule has 0 spiro atoms. The molecule has 1 aliphatic rings. The first-order chi connectivity index (χ1) is 11.6. The van der Waals surface area contributed by atoms with Crippen molar-refractivity contribution in [3.8, 4) is 0 Å². The molecule has 1 aromatic rings. The van der Waals surface area contributed by atoms with Gasteiger partial charge in [0.2, 0.25) is 5.91 Å². The lowest BCUT2D eigenvalue weighted by Gasteiger charge is -2.29. The smallest absolute Gasteiger partial charge is 0.379 e. The summed E-state index contributed by atoms with van der Waals surface area (Å²) in [6, 6.07) is -1.05.